The third-order valence-electron chi connectivity index (χ3n) is 3.45. The molecule has 0 heterocycles. The van der Waals surface area contributed by atoms with E-state index in [2.05, 4.69) is 70.4 Å². The zero-order valence-electron chi connectivity index (χ0n) is 12.7. The number of ether oxygens (including phenoxy) is 1. The van der Waals surface area contributed by atoms with Gasteiger partial charge in [0.2, 0.25) is 0 Å². The number of halogens is 1. The first-order valence-electron chi connectivity index (χ1n) is 7.02. The molecule has 1 N–H and O–H groups in total. The summed E-state index contributed by atoms with van der Waals surface area (Å²) < 4.78 is 6.32. The van der Waals surface area contributed by atoms with Gasteiger partial charge in [0.15, 0.2) is 0 Å². The van der Waals surface area contributed by atoms with Crippen LogP contribution in [0.2, 0.25) is 0 Å². The van der Waals surface area contributed by atoms with Gasteiger partial charge in [-0.2, -0.15) is 0 Å². The Morgan fingerprint density at radius 2 is 1.76 bits per heavy atom. The lowest BCUT2D eigenvalue weighted by Crippen LogP contribution is -2.13. The van der Waals surface area contributed by atoms with E-state index >= 15 is 0 Å². The molecule has 0 saturated heterocycles. The highest BCUT2D eigenvalue weighted by Gasteiger charge is 2.07. The van der Waals surface area contributed by atoms with Crippen molar-refractivity contribution in [1.82, 2.24) is 5.32 Å². The zero-order chi connectivity index (χ0) is 15.2. The van der Waals surface area contributed by atoms with E-state index in [1.807, 2.05) is 12.1 Å². The van der Waals surface area contributed by atoms with Crippen LogP contribution in [0.25, 0.3) is 0 Å². The van der Waals surface area contributed by atoms with Crippen LogP contribution in [0.15, 0.2) is 46.9 Å². The molecule has 2 rings (SSSR count). The van der Waals surface area contributed by atoms with Gasteiger partial charge in [0, 0.05) is 29.4 Å². The highest BCUT2D eigenvalue weighted by atomic mass is 79.9. The summed E-state index contributed by atoms with van der Waals surface area (Å²) in [5.41, 5.74) is 3.54. The number of nitrogens with one attached hydrogen (secondary N) is 1. The van der Waals surface area contributed by atoms with E-state index in [9.17, 15) is 0 Å². The average molecular weight is 349 g/mol. The summed E-state index contributed by atoms with van der Waals surface area (Å²) in [5, 5.41) is 3.34. The van der Waals surface area contributed by atoms with Crippen LogP contribution < -0.4 is 15.0 Å². The van der Waals surface area contributed by atoms with Crippen LogP contribution in [0, 0.1) is 0 Å². The van der Waals surface area contributed by atoms with E-state index < -0.39 is 0 Å². The van der Waals surface area contributed by atoms with Crippen molar-refractivity contribution in [3.8, 4) is 5.75 Å². The summed E-state index contributed by atoms with van der Waals surface area (Å²) in [6.45, 7) is 3.96. The fourth-order valence-corrected chi connectivity index (χ4v) is 2.61. The Hall–Kier alpha value is -1.52. The first kappa shape index (κ1) is 15.9. The summed E-state index contributed by atoms with van der Waals surface area (Å²) in [4.78, 5) is 2.15. The smallest absolute Gasteiger partial charge is 0.119 e. The van der Waals surface area contributed by atoms with Crippen molar-refractivity contribution in [2.45, 2.75) is 13.5 Å². The van der Waals surface area contributed by atoms with Crippen molar-refractivity contribution in [2.75, 3.05) is 25.6 Å². The lowest BCUT2D eigenvalue weighted by atomic mass is 10.2. The van der Waals surface area contributed by atoms with Gasteiger partial charge in [0.05, 0.1) is 7.11 Å². The maximum Gasteiger partial charge on any atom is 0.119 e. The van der Waals surface area contributed by atoms with E-state index in [0.717, 1.165) is 34.7 Å². The topological polar surface area (TPSA) is 24.5 Å². The van der Waals surface area contributed by atoms with Crippen LogP contribution in [0.4, 0.5) is 11.4 Å². The molecule has 0 fully saturated rings. The van der Waals surface area contributed by atoms with Crippen LogP contribution in [-0.4, -0.2) is 20.7 Å². The predicted octanol–water partition coefficient (Wildman–Crippen LogP) is 4.34. The number of hydrogen-bond acceptors (Lipinski definition) is 3. The minimum atomic E-state index is 0.870. The Kier molecular flexibility index (Phi) is 5.65. The largest absolute Gasteiger partial charge is 0.497 e. The van der Waals surface area contributed by atoms with Gasteiger partial charge in [-0.1, -0.05) is 28.9 Å². The second kappa shape index (κ2) is 7.48. The maximum absolute atomic E-state index is 5.19. The third-order valence-corrected chi connectivity index (χ3v) is 4.19. The summed E-state index contributed by atoms with van der Waals surface area (Å²) in [5.74, 6) is 0.870. The quantitative estimate of drug-likeness (QED) is 0.840. The Morgan fingerprint density at radius 3 is 2.33 bits per heavy atom. The molecule has 3 nitrogen and oxygen atoms in total. The number of methoxy groups -OCH3 is 1. The normalized spacial score (nSPS) is 10.5. The second-order valence-corrected chi connectivity index (χ2v) is 5.67. The number of rotatable bonds is 6. The number of benzene rings is 2. The number of anilines is 2. The monoisotopic (exact) mass is 348 g/mol. The predicted molar refractivity (Wildman–Crippen MR) is 92.6 cm³/mol. The molecule has 21 heavy (non-hydrogen) atoms. The van der Waals surface area contributed by atoms with Crippen molar-refractivity contribution >= 4 is 27.3 Å². The van der Waals surface area contributed by atoms with Gasteiger partial charge in [-0.15, -0.1) is 0 Å². The average Bonchev–Trinajstić information content (AvgIpc) is 2.53. The molecule has 0 aliphatic heterocycles. The molecule has 2 aromatic carbocycles. The molecule has 0 aliphatic carbocycles. The SMILES string of the molecule is CCNCc1ccc(N(C)c2ccc(OC)cc2)cc1Br. The van der Waals surface area contributed by atoms with Crippen molar-refractivity contribution in [3.63, 3.8) is 0 Å². The molecule has 0 spiro atoms. The second-order valence-electron chi connectivity index (χ2n) is 4.81. The lowest BCUT2D eigenvalue weighted by molar-refractivity contribution is 0.415. The van der Waals surface area contributed by atoms with Gasteiger partial charge in [0.25, 0.3) is 0 Å². The number of nitrogens with zero attached hydrogens (tertiary/aromatic N) is 1. The van der Waals surface area contributed by atoms with Crippen LogP contribution in [-0.2, 0) is 6.54 Å². The van der Waals surface area contributed by atoms with Crippen LogP contribution >= 0.6 is 15.9 Å². The van der Waals surface area contributed by atoms with Crippen LogP contribution in [0.1, 0.15) is 12.5 Å². The first-order valence-corrected chi connectivity index (χ1v) is 7.82. The van der Waals surface area contributed by atoms with Gasteiger partial charge in [0.1, 0.15) is 5.75 Å². The first-order chi connectivity index (χ1) is 10.2. The zero-order valence-corrected chi connectivity index (χ0v) is 14.3. The molecule has 2 aromatic rings. The van der Waals surface area contributed by atoms with Gasteiger partial charge in [-0.25, -0.2) is 0 Å². The van der Waals surface area contributed by atoms with E-state index in [1.165, 1.54) is 5.56 Å². The third kappa shape index (κ3) is 3.99. The molecule has 0 radical (unpaired) electrons. The van der Waals surface area contributed by atoms with Crippen molar-refractivity contribution in [2.24, 2.45) is 0 Å². The highest BCUT2D eigenvalue weighted by Crippen LogP contribution is 2.29. The Morgan fingerprint density at radius 1 is 1.10 bits per heavy atom. The molecule has 0 saturated carbocycles. The number of hydrogen-bond donors (Lipinski definition) is 1. The highest BCUT2D eigenvalue weighted by molar-refractivity contribution is 9.10. The summed E-state index contributed by atoms with van der Waals surface area (Å²) in [6, 6.07) is 14.5. The Bertz CT molecular complexity index is 584. The maximum atomic E-state index is 5.19. The molecule has 0 aliphatic rings. The molecular weight excluding hydrogens is 328 g/mol. The molecule has 0 aromatic heterocycles. The van der Waals surface area contributed by atoms with Crippen molar-refractivity contribution < 1.29 is 4.74 Å². The van der Waals surface area contributed by atoms with Gasteiger partial charge >= 0.3 is 0 Å². The molecular formula is C17H21BrN2O. The molecule has 0 unspecified atom stereocenters. The van der Waals surface area contributed by atoms with E-state index in [0.29, 0.717) is 0 Å². The fraction of sp³-hybridized carbons (Fsp3) is 0.294. The van der Waals surface area contributed by atoms with E-state index in [-0.39, 0.29) is 0 Å². The standard InChI is InChI=1S/C17H21BrN2O/c1-4-19-12-13-5-6-15(11-17(13)18)20(2)14-7-9-16(21-3)10-8-14/h5-11,19H,4,12H2,1-3H3. The Balaban J connectivity index is 2.18. The lowest BCUT2D eigenvalue weighted by Gasteiger charge is -2.21. The molecule has 4 heteroatoms. The van der Waals surface area contributed by atoms with Gasteiger partial charge < -0.3 is 15.0 Å². The summed E-state index contributed by atoms with van der Waals surface area (Å²) in [7, 11) is 3.74. The van der Waals surface area contributed by atoms with E-state index in [4.69, 9.17) is 4.74 Å². The van der Waals surface area contributed by atoms with Crippen molar-refractivity contribution in [3.05, 3.63) is 52.5 Å². The molecule has 0 amide bonds. The minimum Gasteiger partial charge on any atom is -0.497 e. The van der Waals surface area contributed by atoms with Gasteiger partial charge in [-0.05, 0) is 48.5 Å². The minimum absolute atomic E-state index is 0.870. The van der Waals surface area contributed by atoms with Crippen LogP contribution in [0.3, 0.4) is 0 Å². The fourth-order valence-electron chi connectivity index (χ4n) is 2.10. The van der Waals surface area contributed by atoms with Crippen molar-refractivity contribution in [1.29, 1.82) is 0 Å². The Labute approximate surface area is 135 Å². The van der Waals surface area contributed by atoms with Crippen LogP contribution in [0.5, 0.6) is 5.75 Å². The van der Waals surface area contributed by atoms with E-state index in [1.54, 1.807) is 7.11 Å². The summed E-state index contributed by atoms with van der Waals surface area (Å²) in [6.07, 6.45) is 0. The van der Waals surface area contributed by atoms with Gasteiger partial charge in [-0.3, -0.25) is 0 Å². The molecule has 0 bridgehead atoms. The molecule has 0 atom stereocenters. The molecule has 112 valence electrons. The summed E-state index contributed by atoms with van der Waals surface area (Å²) >= 11 is 3.65.